The summed E-state index contributed by atoms with van der Waals surface area (Å²) in [6, 6.07) is 3.92. The molecule has 1 aliphatic heterocycles. The molecular weight excluding hydrogens is 346 g/mol. The van der Waals surface area contributed by atoms with Gasteiger partial charge in [0.15, 0.2) is 16.7 Å². The third kappa shape index (κ3) is 3.13. The summed E-state index contributed by atoms with van der Waals surface area (Å²) in [5.74, 6) is 3.75. The van der Waals surface area contributed by atoms with E-state index in [1.807, 2.05) is 18.2 Å². The van der Waals surface area contributed by atoms with Crippen LogP contribution in [-0.4, -0.2) is 28.0 Å². The van der Waals surface area contributed by atoms with Crippen molar-refractivity contribution >= 4 is 23.4 Å². The van der Waals surface area contributed by atoms with Crippen LogP contribution in [0.4, 0.5) is 0 Å². The average Bonchev–Trinajstić information content (AvgIpc) is 3.36. The first kappa shape index (κ1) is 15.8. The van der Waals surface area contributed by atoms with E-state index in [1.165, 1.54) is 12.8 Å². The Labute approximate surface area is 150 Å². The lowest BCUT2D eigenvalue weighted by molar-refractivity contribution is 0.171. The first-order valence-electron chi connectivity index (χ1n) is 8.01. The van der Waals surface area contributed by atoms with Gasteiger partial charge in [0.2, 0.25) is 0 Å². The van der Waals surface area contributed by atoms with E-state index in [2.05, 4.69) is 21.3 Å². The molecule has 0 unspecified atom stereocenters. The highest BCUT2D eigenvalue weighted by Gasteiger charge is 2.30. The zero-order valence-corrected chi connectivity index (χ0v) is 14.8. The van der Waals surface area contributed by atoms with Crippen molar-refractivity contribution in [2.24, 2.45) is 0 Å². The molecule has 2 aromatic rings. The normalized spacial score (nSPS) is 16.2. The van der Waals surface area contributed by atoms with Gasteiger partial charge in [-0.2, -0.15) is 0 Å². The third-order valence-corrected chi connectivity index (χ3v) is 5.34. The number of ether oxygens (including phenoxy) is 2. The van der Waals surface area contributed by atoms with Crippen molar-refractivity contribution in [3.8, 4) is 11.5 Å². The van der Waals surface area contributed by atoms with Gasteiger partial charge in [-0.3, -0.25) is 0 Å². The maximum Gasteiger partial charge on any atom is 0.191 e. The summed E-state index contributed by atoms with van der Waals surface area (Å²) in [6.07, 6.45) is 4.30. The van der Waals surface area contributed by atoms with Gasteiger partial charge in [0.05, 0.1) is 5.02 Å². The lowest BCUT2D eigenvalue weighted by Gasteiger charge is -2.20. The van der Waals surface area contributed by atoms with Crippen LogP contribution >= 0.6 is 23.4 Å². The van der Waals surface area contributed by atoms with Crippen molar-refractivity contribution in [1.82, 2.24) is 14.8 Å². The minimum absolute atomic E-state index is 0.537. The monoisotopic (exact) mass is 363 g/mol. The summed E-state index contributed by atoms with van der Waals surface area (Å²) in [5.41, 5.74) is 1.08. The SMILES string of the molecule is C=CCn1c(SCc2cc(Cl)c3c(c2)OCCO3)nnc1C1CC1. The second-order valence-electron chi connectivity index (χ2n) is 5.90. The van der Waals surface area contributed by atoms with Crippen LogP contribution < -0.4 is 9.47 Å². The first-order chi connectivity index (χ1) is 11.8. The van der Waals surface area contributed by atoms with Crippen molar-refractivity contribution in [3.63, 3.8) is 0 Å². The van der Waals surface area contributed by atoms with Crippen LogP contribution in [0.5, 0.6) is 11.5 Å². The number of aromatic nitrogens is 3. The number of fused-ring (bicyclic) bond motifs is 1. The van der Waals surface area contributed by atoms with Gasteiger partial charge in [0, 0.05) is 18.2 Å². The first-order valence-corrected chi connectivity index (χ1v) is 9.37. The van der Waals surface area contributed by atoms with Crippen molar-refractivity contribution in [2.75, 3.05) is 13.2 Å². The number of nitrogens with zero attached hydrogens (tertiary/aromatic N) is 3. The predicted octanol–water partition coefficient (Wildman–Crippen LogP) is 4.06. The highest BCUT2D eigenvalue weighted by Crippen LogP contribution is 2.41. The molecular formula is C17H18ClN3O2S. The third-order valence-electron chi connectivity index (χ3n) is 4.02. The van der Waals surface area contributed by atoms with Gasteiger partial charge in [-0.15, -0.1) is 16.8 Å². The largest absolute Gasteiger partial charge is 0.486 e. The van der Waals surface area contributed by atoms with Crippen LogP contribution in [-0.2, 0) is 12.3 Å². The molecule has 2 heterocycles. The summed E-state index contributed by atoms with van der Waals surface area (Å²) >= 11 is 7.96. The molecule has 1 aromatic carbocycles. The summed E-state index contributed by atoms with van der Waals surface area (Å²) in [5, 5.41) is 10.2. The van der Waals surface area contributed by atoms with Crippen molar-refractivity contribution in [2.45, 2.75) is 36.2 Å². The Kier molecular flexibility index (Phi) is 4.41. The highest BCUT2D eigenvalue weighted by atomic mass is 35.5. The fourth-order valence-electron chi connectivity index (χ4n) is 2.75. The number of halogens is 1. The van der Waals surface area contributed by atoms with Crippen LogP contribution in [0.25, 0.3) is 0 Å². The predicted molar refractivity (Wildman–Crippen MR) is 94.2 cm³/mol. The number of thioether (sulfide) groups is 1. The average molecular weight is 364 g/mol. The van der Waals surface area contributed by atoms with Gasteiger partial charge in [-0.25, -0.2) is 0 Å². The van der Waals surface area contributed by atoms with E-state index in [0.717, 1.165) is 34.6 Å². The number of rotatable bonds is 6. The maximum atomic E-state index is 6.30. The number of hydrogen-bond acceptors (Lipinski definition) is 5. The van der Waals surface area contributed by atoms with Crippen molar-refractivity contribution in [1.29, 1.82) is 0 Å². The molecule has 0 radical (unpaired) electrons. The molecule has 24 heavy (non-hydrogen) atoms. The molecule has 1 saturated carbocycles. The molecule has 1 aromatic heterocycles. The van der Waals surface area contributed by atoms with Gasteiger partial charge in [0.25, 0.3) is 0 Å². The van der Waals surface area contributed by atoms with E-state index in [0.29, 0.717) is 29.9 Å². The lowest BCUT2D eigenvalue weighted by Crippen LogP contribution is -2.15. The van der Waals surface area contributed by atoms with Gasteiger partial charge < -0.3 is 14.0 Å². The van der Waals surface area contributed by atoms with Crippen LogP contribution in [0.15, 0.2) is 29.9 Å². The number of allylic oxidation sites excluding steroid dienone is 1. The van der Waals surface area contributed by atoms with Crippen molar-refractivity contribution < 1.29 is 9.47 Å². The molecule has 5 nitrogen and oxygen atoms in total. The Morgan fingerprint density at radius 3 is 2.92 bits per heavy atom. The Morgan fingerprint density at radius 1 is 1.29 bits per heavy atom. The zero-order chi connectivity index (χ0) is 16.5. The molecule has 0 amide bonds. The van der Waals surface area contributed by atoms with Crippen molar-refractivity contribution in [3.05, 3.63) is 41.2 Å². The van der Waals surface area contributed by atoms with E-state index in [4.69, 9.17) is 21.1 Å². The molecule has 0 atom stereocenters. The molecule has 2 aliphatic rings. The maximum absolute atomic E-state index is 6.30. The number of benzene rings is 1. The van der Waals surface area contributed by atoms with Crippen LogP contribution in [0.1, 0.15) is 30.1 Å². The van der Waals surface area contributed by atoms with E-state index in [1.54, 1.807) is 11.8 Å². The highest BCUT2D eigenvalue weighted by molar-refractivity contribution is 7.98. The molecule has 0 saturated heterocycles. The molecule has 0 spiro atoms. The summed E-state index contributed by atoms with van der Waals surface area (Å²) in [7, 11) is 0. The minimum atomic E-state index is 0.537. The van der Waals surface area contributed by atoms with E-state index in [9.17, 15) is 0 Å². The Hall–Kier alpha value is -1.66. The van der Waals surface area contributed by atoms with Gasteiger partial charge in [-0.1, -0.05) is 29.4 Å². The van der Waals surface area contributed by atoms with Crippen LogP contribution in [0.2, 0.25) is 5.02 Å². The van der Waals surface area contributed by atoms with E-state index >= 15 is 0 Å². The standard InChI is InChI=1S/C17H18ClN3O2S/c1-2-5-21-16(12-3-4-12)19-20-17(21)24-10-11-8-13(18)15-14(9-11)22-6-7-23-15/h2,8-9,12H,1,3-7,10H2. The minimum Gasteiger partial charge on any atom is -0.486 e. The Bertz CT molecular complexity index is 773. The van der Waals surface area contributed by atoms with E-state index < -0.39 is 0 Å². The lowest BCUT2D eigenvalue weighted by atomic mass is 10.2. The molecule has 0 N–H and O–H groups in total. The molecule has 0 bridgehead atoms. The topological polar surface area (TPSA) is 49.2 Å². The summed E-state index contributed by atoms with van der Waals surface area (Å²) < 4.78 is 13.4. The molecule has 126 valence electrons. The molecule has 1 aliphatic carbocycles. The number of hydrogen-bond donors (Lipinski definition) is 0. The fourth-order valence-corrected chi connectivity index (χ4v) is 3.92. The second kappa shape index (κ2) is 6.69. The second-order valence-corrected chi connectivity index (χ2v) is 7.25. The molecule has 7 heteroatoms. The Morgan fingerprint density at radius 2 is 2.12 bits per heavy atom. The molecule has 1 fully saturated rings. The van der Waals surface area contributed by atoms with Gasteiger partial charge >= 0.3 is 0 Å². The fraction of sp³-hybridized carbons (Fsp3) is 0.412. The zero-order valence-electron chi connectivity index (χ0n) is 13.2. The smallest absolute Gasteiger partial charge is 0.191 e. The van der Waals surface area contributed by atoms with Crippen LogP contribution in [0.3, 0.4) is 0 Å². The summed E-state index contributed by atoms with van der Waals surface area (Å²) in [4.78, 5) is 0. The van der Waals surface area contributed by atoms with Gasteiger partial charge in [0.1, 0.15) is 19.0 Å². The quantitative estimate of drug-likeness (QED) is 0.572. The van der Waals surface area contributed by atoms with Crippen LogP contribution in [0, 0.1) is 0 Å². The molecule has 4 rings (SSSR count). The van der Waals surface area contributed by atoms with Gasteiger partial charge in [-0.05, 0) is 30.5 Å². The Balaban J connectivity index is 1.53. The summed E-state index contributed by atoms with van der Waals surface area (Å²) in [6.45, 7) is 5.67. The van der Waals surface area contributed by atoms with E-state index in [-0.39, 0.29) is 0 Å².